The van der Waals surface area contributed by atoms with Gasteiger partial charge in [-0.3, -0.25) is 0 Å². The van der Waals surface area contributed by atoms with Gasteiger partial charge < -0.3 is 5.73 Å². The van der Waals surface area contributed by atoms with Crippen LogP contribution in [0.2, 0.25) is 0 Å². The van der Waals surface area contributed by atoms with E-state index >= 15 is 0 Å². The summed E-state index contributed by atoms with van der Waals surface area (Å²) in [5.41, 5.74) is 7.54. The van der Waals surface area contributed by atoms with Crippen molar-refractivity contribution in [1.29, 1.82) is 0 Å². The lowest BCUT2D eigenvalue weighted by Gasteiger charge is -2.32. The van der Waals surface area contributed by atoms with E-state index in [0.29, 0.717) is 11.8 Å². The first-order valence-electron chi connectivity index (χ1n) is 5.14. The van der Waals surface area contributed by atoms with Gasteiger partial charge in [-0.15, -0.1) is 0 Å². The molecule has 0 aliphatic heterocycles. The van der Waals surface area contributed by atoms with E-state index in [9.17, 15) is 0 Å². The van der Waals surface area contributed by atoms with Crippen molar-refractivity contribution in [2.45, 2.75) is 39.7 Å². The third kappa shape index (κ3) is 2.22. The molecule has 1 heteroatoms. The second-order valence-electron chi connectivity index (χ2n) is 4.66. The first-order valence-corrected chi connectivity index (χ1v) is 5.14. The van der Waals surface area contributed by atoms with Crippen molar-refractivity contribution in [1.82, 2.24) is 0 Å². The van der Waals surface area contributed by atoms with E-state index in [2.05, 4.69) is 45.9 Å². The molecule has 2 N–H and O–H groups in total. The molecule has 1 rings (SSSR count). The van der Waals surface area contributed by atoms with Gasteiger partial charge in [0.25, 0.3) is 0 Å². The highest BCUT2D eigenvalue weighted by Crippen LogP contribution is 2.28. The monoisotopic (exact) mass is 179 g/mol. The average molecular weight is 179 g/mol. The molecule has 0 aromatic heterocycles. The molecule has 1 nitrogen and oxygen atoms in total. The quantitative estimate of drug-likeness (QED) is 0.693. The summed E-state index contributed by atoms with van der Waals surface area (Å²) >= 11 is 0. The second-order valence-corrected chi connectivity index (χ2v) is 4.66. The van der Waals surface area contributed by atoms with Crippen molar-refractivity contribution in [3.63, 3.8) is 0 Å². The van der Waals surface area contributed by atoms with E-state index in [1.165, 1.54) is 5.57 Å². The summed E-state index contributed by atoms with van der Waals surface area (Å²) in [5, 5.41) is 0. The molecule has 0 aromatic carbocycles. The molecular weight excluding hydrogens is 158 g/mol. The molecule has 0 aromatic rings. The second kappa shape index (κ2) is 3.67. The number of hydrogen-bond acceptors (Lipinski definition) is 1. The van der Waals surface area contributed by atoms with Gasteiger partial charge in [-0.25, -0.2) is 0 Å². The lowest BCUT2D eigenvalue weighted by molar-refractivity contribution is 0.383. The third-order valence-corrected chi connectivity index (χ3v) is 3.02. The molecule has 0 radical (unpaired) electrons. The van der Waals surface area contributed by atoms with Crippen LogP contribution >= 0.6 is 0 Å². The van der Waals surface area contributed by atoms with Gasteiger partial charge in [0.05, 0.1) is 0 Å². The Hall–Kier alpha value is -0.560. The highest BCUT2D eigenvalue weighted by molar-refractivity contribution is 5.30. The van der Waals surface area contributed by atoms with Crippen LogP contribution in [0.25, 0.3) is 0 Å². The lowest BCUT2D eigenvalue weighted by atomic mass is 9.79. The van der Waals surface area contributed by atoms with Crippen molar-refractivity contribution < 1.29 is 0 Å². The van der Waals surface area contributed by atoms with Gasteiger partial charge in [0.15, 0.2) is 0 Å². The van der Waals surface area contributed by atoms with Crippen molar-refractivity contribution in [2.24, 2.45) is 17.6 Å². The Morgan fingerprint density at radius 1 is 1.31 bits per heavy atom. The van der Waals surface area contributed by atoms with Crippen LogP contribution in [-0.4, -0.2) is 5.54 Å². The summed E-state index contributed by atoms with van der Waals surface area (Å²) in [5.74, 6) is 1.13. The minimum Gasteiger partial charge on any atom is -0.321 e. The third-order valence-electron chi connectivity index (χ3n) is 3.02. The Morgan fingerprint density at radius 3 is 2.23 bits per heavy atom. The highest BCUT2D eigenvalue weighted by atomic mass is 14.7. The minimum absolute atomic E-state index is 0.113. The molecule has 1 atom stereocenters. The predicted molar refractivity (Wildman–Crippen MR) is 58.4 cm³/mol. The van der Waals surface area contributed by atoms with Crippen LogP contribution < -0.4 is 5.73 Å². The maximum absolute atomic E-state index is 6.23. The van der Waals surface area contributed by atoms with Crippen LogP contribution in [0.5, 0.6) is 0 Å². The summed E-state index contributed by atoms with van der Waals surface area (Å²) in [6.07, 6.45) is 7.63. The van der Waals surface area contributed by atoms with Crippen molar-refractivity contribution in [2.75, 3.05) is 0 Å². The molecule has 0 saturated carbocycles. The molecule has 0 fully saturated rings. The summed E-state index contributed by atoms with van der Waals surface area (Å²) < 4.78 is 0. The molecule has 0 bridgehead atoms. The topological polar surface area (TPSA) is 26.0 Å². The van der Waals surface area contributed by atoms with Crippen molar-refractivity contribution in [3.8, 4) is 0 Å². The number of allylic oxidation sites excluding steroid dienone is 2. The Kier molecular flexibility index (Phi) is 2.97. The van der Waals surface area contributed by atoms with Gasteiger partial charge in [0, 0.05) is 5.54 Å². The van der Waals surface area contributed by atoms with Crippen molar-refractivity contribution in [3.05, 3.63) is 23.8 Å². The van der Waals surface area contributed by atoms with Gasteiger partial charge in [0.1, 0.15) is 0 Å². The highest BCUT2D eigenvalue weighted by Gasteiger charge is 2.27. The molecule has 13 heavy (non-hydrogen) atoms. The fourth-order valence-electron chi connectivity index (χ4n) is 1.54. The van der Waals surface area contributed by atoms with Gasteiger partial charge >= 0.3 is 0 Å². The first-order chi connectivity index (χ1) is 5.96. The van der Waals surface area contributed by atoms with Gasteiger partial charge in [-0.2, -0.15) is 0 Å². The zero-order valence-corrected chi connectivity index (χ0v) is 9.17. The molecule has 0 saturated heterocycles. The summed E-state index contributed by atoms with van der Waals surface area (Å²) in [4.78, 5) is 0. The van der Waals surface area contributed by atoms with E-state index in [-0.39, 0.29) is 5.54 Å². The zero-order chi connectivity index (χ0) is 10.1. The van der Waals surface area contributed by atoms with Crippen LogP contribution in [0, 0.1) is 11.8 Å². The van der Waals surface area contributed by atoms with Crippen LogP contribution in [-0.2, 0) is 0 Å². The molecule has 1 aliphatic rings. The Labute approximate surface area is 81.7 Å². The van der Waals surface area contributed by atoms with E-state index < -0.39 is 0 Å². The molecule has 1 aliphatic carbocycles. The standard InChI is InChI=1S/C12H21N/c1-9(2)11-5-7-12(13,8-6-11)10(3)4/h5-7,9-10H,8,13H2,1-4H3. The summed E-state index contributed by atoms with van der Waals surface area (Å²) in [6.45, 7) is 8.79. The number of rotatable bonds is 2. The molecule has 0 heterocycles. The maximum atomic E-state index is 6.23. The molecule has 74 valence electrons. The lowest BCUT2D eigenvalue weighted by Crippen LogP contribution is -2.43. The zero-order valence-electron chi connectivity index (χ0n) is 9.17. The molecule has 0 amide bonds. The van der Waals surface area contributed by atoms with Gasteiger partial charge in [-0.1, -0.05) is 45.9 Å². The fraction of sp³-hybridized carbons (Fsp3) is 0.667. The van der Waals surface area contributed by atoms with Gasteiger partial charge in [0.2, 0.25) is 0 Å². The number of hydrogen-bond donors (Lipinski definition) is 1. The van der Waals surface area contributed by atoms with Crippen molar-refractivity contribution >= 4 is 0 Å². The van der Waals surface area contributed by atoms with E-state index in [1.54, 1.807) is 0 Å². The summed E-state index contributed by atoms with van der Waals surface area (Å²) in [7, 11) is 0. The predicted octanol–water partition coefficient (Wildman–Crippen LogP) is 2.88. The SMILES string of the molecule is CC(C)C1=CCC(N)(C(C)C)C=C1. The largest absolute Gasteiger partial charge is 0.321 e. The normalized spacial score (nSPS) is 28.4. The minimum atomic E-state index is -0.113. The van der Waals surface area contributed by atoms with E-state index in [1.807, 2.05) is 0 Å². The maximum Gasteiger partial charge on any atom is 0.0400 e. The van der Waals surface area contributed by atoms with Crippen LogP contribution in [0.3, 0.4) is 0 Å². The Bertz CT molecular complexity index is 236. The smallest absolute Gasteiger partial charge is 0.0400 e. The van der Waals surface area contributed by atoms with E-state index in [0.717, 1.165) is 6.42 Å². The molecular formula is C12H21N. The molecule has 1 unspecified atom stereocenters. The number of nitrogens with two attached hydrogens (primary N) is 1. The van der Waals surface area contributed by atoms with Crippen LogP contribution in [0.4, 0.5) is 0 Å². The Morgan fingerprint density at radius 2 is 1.92 bits per heavy atom. The molecule has 0 spiro atoms. The average Bonchev–Trinajstić information content (AvgIpc) is 2.04. The van der Waals surface area contributed by atoms with Crippen LogP contribution in [0.1, 0.15) is 34.1 Å². The van der Waals surface area contributed by atoms with Gasteiger partial charge in [-0.05, 0) is 23.8 Å². The Balaban J connectivity index is 2.73. The van der Waals surface area contributed by atoms with E-state index in [4.69, 9.17) is 5.73 Å². The van der Waals surface area contributed by atoms with Crippen LogP contribution in [0.15, 0.2) is 23.8 Å². The first kappa shape index (κ1) is 10.5. The summed E-state index contributed by atoms with van der Waals surface area (Å²) in [6, 6.07) is 0. The fourth-order valence-corrected chi connectivity index (χ4v) is 1.54.